The lowest BCUT2D eigenvalue weighted by Gasteiger charge is -2.13. The van der Waals surface area contributed by atoms with Gasteiger partial charge in [0.1, 0.15) is 0 Å². The van der Waals surface area contributed by atoms with Crippen molar-refractivity contribution in [1.82, 2.24) is 4.98 Å². The van der Waals surface area contributed by atoms with Crippen LogP contribution in [0.3, 0.4) is 0 Å². The minimum Gasteiger partial charge on any atom is -0.388 e. The van der Waals surface area contributed by atoms with E-state index in [1.54, 1.807) is 6.20 Å². The summed E-state index contributed by atoms with van der Waals surface area (Å²) < 4.78 is 1.06. The highest BCUT2D eigenvalue weighted by molar-refractivity contribution is 9.10. The number of fused-ring (bicyclic) bond motifs is 1. The Morgan fingerprint density at radius 3 is 2.67 bits per heavy atom. The van der Waals surface area contributed by atoms with Gasteiger partial charge < -0.3 is 5.11 Å². The molecule has 0 aliphatic rings. The summed E-state index contributed by atoms with van der Waals surface area (Å²) in [6.45, 7) is 2.02. The summed E-state index contributed by atoms with van der Waals surface area (Å²) >= 11 is 3.47. The van der Waals surface area contributed by atoms with E-state index in [0.717, 1.165) is 32.1 Å². The lowest BCUT2D eigenvalue weighted by Crippen LogP contribution is -2.04. The molecule has 0 saturated heterocycles. The van der Waals surface area contributed by atoms with Gasteiger partial charge in [0.05, 0.1) is 6.10 Å². The fourth-order valence-corrected chi connectivity index (χ4v) is 2.85. The van der Waals surface area contributed by atoms with Gasteiger partial charge in [-0.3, -0.25) is 4.98 Å². The van der Waals surface area contributed by atoms with Crippen molar-refractivity contribution in [2.75, 3.05) is 0 Å². The molecule has 3 heteroatoms. The zero-order valence-electron chi connectivity index (χ0n) is 11.8. The minimum absolute atomic E-state index is 0.536. The van der Waals surface area contributed by atoms with Crippen molar-refractivity contribution in [2.45, 2.75) is 19.4 Å². The highest BCUT2D eigenvalue weighted by Gasteiger charge is 2.11. The van der Waals surface area contributed by atoms with Crippen LogP contribution in [0.4, 0.5) is 0 Å². The number of pyridine rings is 1. The molecule has 0 amide bonds. The van der Waals surface area contributed by atoms with Crippen LogP contribution >= 0.6 is 15.9 Å². The summed E-state index contributed by atoms with van der Waals surface area (Å²) in [4.78, 5) is 4.35. The Morgan fingerprint density at radius 1 is 1.10 bits per heavy atom. The number of aliphatic hydroxyl groups excluding tert-OH is 1. The number of aliphatic hydroxyl groups is 1. The van der Waals surface area contributed by atoms with E-state index in [0.29, 0.717) is 6.42 Å². The lowest BCUT2D eigenvalue weighted by molar-refractivity contribution is 0.177. The number of benzene rings is 2. The van der Waals surface area contributed by atoms with Crippen LogP contribution in [0.15, 0.2) is 59.2 Å². The van der Waals surface area contributed by atoms with Gasteiger partial charge in [-0.1, -0.05) is 40.2 Å². The molecule has 2 nitrogen and oxygen atoms in total. The molecule has 106 valence electrons. The average Bonchev–Trinajstić information content (AvgIpc) is 2.49. The summed E-state index contributed by atoms with van der Waals surface area (Å²) in [6.07, 6.45) is 1.77. The molecule has 0 spiro atoms. The summed E-state index contributed by atoms with van der Waals surface area (Å²) in [6, 6.07) is 16.2. The van der Waals surface area contributed by atoms with Gasteiger partial charge in [-0.05, 0) is 53.1 Å². The molecule has 3 aromatic rings. The maximum absolute atomic E-state index is 10.5. The quantitative estimate of drug-likeness (QED) is 0.756. The first-order chi connectivity index (χ1) is 10.1. The Kier molecular flexibility index (Phi) is 4.04. The molecule has 1 N–H and O–H groups in total. The first kappa shape index (κ1) is 14.2. The number of halogens is 1. The number of aromatic nitrogens is 1. The van der Waals surface area contributed by atoms with Gasteiger partial charge in [-0.15, -0.1) is 0 Å². The second-order valence-corrected chi connectivity index (χ2v) is 6.15. The Bertz CT molecular complexity index is 785. The fourth-order valence-electron chi connectivity index (χ4n) is 2.48. The second kappa shape index (κ2) is 5.96. The van der Waals surface area contributed by atoms with E-state index < -0.39 is 6.10 Å². The topological polar surface area (TPSA) is 33.1 Å². The third kappa shape index (κ3) is 3.14. The Balaban J connectivity index is 1.89. The first-order valence-electron chi connectivity index (χ1n) is 6.91. The number of nitrogens with zero attached hydrogens (tertiary/aromatic N) is 1. The van der Waals surface area contributed by atoms with Crippen LogP contribution < -0.4 is 0 Å². The Labute approximate surface area is 132 Å². The van der Waals surface area contributed by atoms with Crippen LogP contribution in [0.25, 0.3) is 10.8 Å². The molecule has 0 bridgehead atoms. The second-order valence-electron chi connectivity index (χ2n) is 5.24. The summed E-state index contributed by atoms with van der Waals surface area (Å²) in [7, 11) is 0. The standard InChI is InChI=1S/C18H16BrNO/c1-12-3-2-8-20-17(12)11-18(21)15-5-4-14-10-16(19)7-6-13(14)9-15/h2-10,18,21H,11H2,1H3. The van der Waals surface area contributed by atoms with Crippen molar-refractivity contribution < 1.29 is 5.11 Å². The van der Waals surface area contributed by atoms with Crippen LogP contribution in [0.1, 0.15) is 22.9 Å². The van der Waals surface area contributed by atoms with Crippen LogP contribution in [0.5, 0.6) is 0 Å². The lowest BCUT2D eigenvalue weighted by atomic mass is 9.99. The van der Waals surface area contributed by atoms with E-state index >= 15 is 0 Å². The fraction of sp³-hybridized carbons (Fsp3) is 0.167. The molecule has 0 aliphatic heterocycles. The third-order valence-electron chi connectivity index (χ3n) is 3.72. The van der Waals surface area contributed by atoms with Crippen molar-refractivity contribution in [3.8, 4) is 0 Å². The number of rotatable bonds is 3. The summed E-state index contributed by atoms with van der Waals surface area (Å²) in [5, 5.41) is 12.8. The number of hydrogen-bond acceptors (Lipinski definition) is 2. The van der Waals surface area contributed by atoms with Crippen molar-refractivity contribution >= 4 is 26.7 Å². The van der Waals surface area contributed by atoms with Gasteiger partial charge >= 0.3 is 0 Å². The smallest absolute Gasteiger partial charge is 0.0845 e. The summed E-state index contributed by atoms with van der Waals surface area (Å²) in [5.74, 6) is 0. The monoisotopic (exact) mass is 341 g/mol. The Hall–Kier alpha value is -1.71. The van der Waals surface area contributed by atoms with E-state index in [1.807, 2.05) is 43.3 Å². The van der Waals surface area contributed by atoms with Crippen LogP contribution in [-0.2, 0) is 6.42 Å². The van der Waals surface area contributed by atoms with E-state index in [9.17, 15) is 5.11 Å². The van der Waals surface area contributed by atoms with Crippen molar-refractivity contribution in [3.05, 3.63) is 76.0 Å². The maximum Gasteiger partial charge on any atom is 0.0845 e. The minimum atomic E-state index is -0.536. The Morgan fingerprint density at radius 2 is 1.86 bits per heavy atom. The van der Waals surface area contributed by atoms with E-state index in [-0.39, 0.29) is 0 Å². The molecule has 2 aromatic carbocycles. The van der Waals surface area contributed by atoms with E-state index in [2.05, 4.69) is 33.0 Å². The van der Waals surface area contributed by atoms with E-state index in [4.69, 9.17) is 0 Å². The first-order valence-corrected chi connectivity index (χ1v) is 7.70. The van der Waals surface area contributed by atoms with Crippen molar-refractivity contribution in [3.63, 3.8) is 0 Å². The van der Waals surface area contributed by atoms with Gasteiger partial charge in [-0.2, -0.15) is 0 Å². The SMILES string of the molecule is Cc1cccnc1CC(O)c1ccc2cc(Br)ccc2c1. The number of aryl methyl sites for hydroxylation is 1. The highest BCUT2D eigenvalue weighted by atomic mass is 79.9. The molecule has 0 saturated carbocycles. The molecule has 0 radical (unpaired) electrons. The molecule has 3 rings (SSSR count). The average molecular weight is 342 g/mol. The third-order valence-corrected chi connectivity index (χ3v) is 4.21. The maximum atomic E-state index is 10.5. The molecular weight excluding hydrogens is 326 g/mol. The molecular formula is C18H16BrNO. The molecule has 1 atom stereocenters. The van der Waals surface area contributed by atoms with Gasteiger partial charge in [0.15, 0.2) is 0 Å². The van der Waals surface area contributed by atoms with Crippen molar-refractivity contribution in [2.24, 2.45) is 0 Å². The number of hydrogen-bond donors (Lipinski definition) is 1. The van der Waals surface area contributed by atoms with Gasteiger partial charge in [0.25, 0.3) is 0 Å². The largest absolute Gasteiger partial charge is 0.388 e. The van der Waals surface area contributed by atoms with Gasteiger partial charge in [0, 0.05) is 22.8 Å². The molecule has 0 fully saturated rings. The van der Waals surface area contributed by atoms with Crippen molar-refractivity contribution in [1.29, 1.82) is 0 Å². The highest BCUT2D eigenvalue weighted by Crippen LogP contribution is 2.25. The predicted octanol–water partition coefficient (Wildman–Crippen LogP) is 4.58. The zero-order chi connectivity index (χ0) is 14.8. The molecule has 1 heterocycles. The normalized spacial score (nSPS) is 12.5. The van der Waals surface area contributed by atoms with Crippen LogP contribution in [0, 0.1) is 6.92 Å². The zero-order valence-corrected chi connectivity index (χ0v) is 13.3. The van der Waals surface area contributed by atoms with Crippen LogP contribution in [0.2, 0.25) is 0 Å². The van der Waals surface area contributed by atoms with Gasteiger partial charge in [0.2, 0.25) is 0 Å². The molecule has 0 aliphatic carbocycles. The molecule has 21 heavy (non-hydrogen) atoms. The molecule has 1 unspecified atom stereocenters. The molecule has 1 aromatic heterocycles. The predicted molar refractivity (Wildman–Crippen MR) is 89.3 cm³/mol. The van der Waals surface area contributed by atoms with Gasteiger partial charge in [-0.25, -0.2) is 0 Å². The summed E-state index contributed by atoms with van der Waals surface area (Å²) in [5.41, 5.74) is 2.98. The van der Waals surface area contributed by atoms with E-state index in [1.165, 1.54) is 0 Å². The van der Waals surface area contributed by atoms with Crippen LogP contribution in [-0.4, -0.2) is 10.1 Å².